The van der Waals surface area contributed by atoms with Crippen LogP contribution in [0.25, 0.3) is 27.6 Å². The molecule has 5 nitrogen and oxygen atoms in total. The minimum absolute atomic E-state index is 0.00636. The van der Waals surface area contributed by atoms with Crippen LogP contribution in [0, 0.1) is 0 Å². The van der Waals surface area contributed by atoms with E-state index >= 15 is 0 Å². The summed E-state index contributed by atoms with van der Waals surface area (Å²) < 4.78 is 9.05. The zero-order chi connectivity index (χ0) is 37.8. The molecule has 272 valence electrons. The molecule has 0 unspecified atom stereocenters. The van der Waals surface area contributed by atoms with Gasteiger partial charge in [0.2, 0.25) is 0 Å². The van der Waals surface area contributed by atoms with E-state index in [-0.39, 0.29) is 16.2 Å². The summed E-state index contributed by atoms with van der Waals surface area (Å²) in [5, 5.41) is 2.36. The van der Waals surface area contributed by atoms with Gasteiger partial charge in [-0.15, -0.1) is 0 Å². The van der Waals surface area contributed by atoms with E-state index in [1.54, 1.807) is 0 Å². The van der Waals surface area contributed by atoms with Crippen LogP contribution in [0.15, 0.2) is 146 Å². The normalized spacial score (nSPS) is 13.7. The van der Waals surface area contributed by atoms with Gasteiger partial charge in [-0.3, -0.25) is 4.57 Å². The van der Waals surface area contributed by atoms with Crippen molar-refractivity contribution in [1.82, 2.24) is 9.55 Å². The summed E-state index contributed by atoms with van der Waals surface area (Å²) >= 11 is 0. The van der Waals surface area contributed by atoms with Crippen molar-refractivity contribution in [1.29, 1.82) is 0 Å². The zero-order valence-corrected chi connectivity index (χ0v) is 32.8. The Morgan fingerprint density at radius 1 is 0.500 bits per heavy atom. The molecule has 0 amide bonds. The molecule has 0 saturated carbocycles. The molecular weight excluding hydrogens is 661 g/mol. The number of ether oxygens (including phenoxy) is 1. The molecule has 2 aromatic heterocycles. The third-order valence-corrected chi connectivity index (χ3v) is 11.0. The van der Waals surface area contributed by atoms with Crippen LogP contribution in [-0.2, 0) is 16.2 Å². The summed E-state index contributed by atoms with van der Waals surface area (Å²) in [6, 6.07) is 45.7. The van der Waals surface area contributed by atoms with Crippen molar-refractivity contribution in [2.75, 3.05) is 16.5 Å². The molecule has 5 heteroatoms. The van der Waals surface area contributed by atoms with Crippen molar-refractivity contribution >= 4 is 33.2 Å². The molecule has 0 spiro atoms. The van der Waals surface area contributed by atoms with E-state index in [0.717, 1.165) is 39.7 Å². The molecule has 1 aliphatic rings. The molecule has 0 saturated heterocycles. The quantitative estimate of drug-likeness (QED) is 0.165. The molecule has 0 radical (unpaired) electrons. The van der Waals surface area contributed by atoms with Gasteiger partial charge in [0.05, 0.1) is 17.7 Å². The number of pyridine rings is 1. The number of para-hydroxylation sites is 1. The molecule has 3 heterocycles. The average molecular weight is 711 g/mol. The number of hydrogen-bond donors (Lipinski definition) is 0. The van der Waals surface area contributed by atoms with Crippen LogP contribution >= 0.6 is 0 Å². The third-order valence-electron chi connectivity index (χ3n) is 11.0. The van der Waals surface area contributed by atoms with Crippen molar-refractivity contribution in [3.05, 3.63) is 168 Å². The summed E-state index contributed by atoms with van der Waals surface area (Å²) in [4.78, 5) is 9.45. The smallest absolute Gasteiger partial charge is 0.137 e. The van der Waals surface area contributed by atoms with E-state index in [1.165, 1.54) is 33.0 Å². The van der Waals surface area contributed by atoms with Crippen molar-refractivity contribution in [2.45, 2.75) is 71.6 Å². The van der Waals surface area contributed by atoms with Gasteiger partial charge in [-0.05, 0) is 87.7 Å². The highest BCUT2D eigenvalue weighted by Gasteiger charge is 2.25. The van der Waals surface area contributed by atoms with Crippen molar-refractivity contribution in [3.63, 3.8) is 0 Å². The highest BCUT2D eigenvalue weighted by molar-refractivity contribution is 6.09. The molecule has 54 heavy (non-hydrogen) atoms. The maximum atomic E-state index is 6.78. The SMILES string of the molecule is CC(C)(C)c1cc(Oc2ccc3c4ccccc4n(-c4cc(C(C)(C)C)ccn4)c3c2)cc(N2C=CN(c3ccc(C(C)(C)c4ccccc4)cc3)C2)c1. The Morgan fingerprint density at radius 2 is 1.15 bits per heavy atom. The van der Waals surface area contributed by atoms with Crippen LogP contribution in [0.1, 0.15) is 77.6 Å². The minimum atomic E-state index is -0.0776. The lowest BCUT2D eigenvalue weighted by molar-refractivity contribution is 0.479. The summed E-state index contributed by atoms with van der Waals surface area (Å²) in [5.41, 5.74) is 9.38. The van der Waals surface area contributed by atoms with Crippen LogP contribution < -0.4 is 14.5 Å². The minimum Gasteiger partial charge on any atom is -0.457 e. The van der Waals surface area contributed by atoms with Gasteiger partial charge in [0.25, 0.3) is 0 Å². The van der Waals surface area contributed by atoms with Gasteiger partial charge in [0, 0.05) is 58.3 Å². The predicted molar refractivity (Wildman–Crippen MR) is 226 cm³/mol. The zero-order valence-electron chi connectivity index (χ0n) is 32.8. The molecule has 0 aliphatic carbocycles. The van der Waals surface area contributed by atoms with Gasteiger partial charge < -0.3 is 14.5 Å². The lowest BCUT2D eigenvalue weighted by Gasteiger charge is -2.28. The van der Waals surface area contributed by atoms with Crippen LogP contribution in [0.4, 0.5) is 11.4 Å². The van der Waals surface area contributed by atoms with Gasteiger partial charge in [-0.25, -0.2) is 4.98 Å². The molecule has 1 aliphatic heterocycles. The molecule has 0 atom stereocenters. The van der Waals surface area contributed by atoms with E-state index in [0.29, 0.717) is 6.67 Å². The van der Waals surface area contributed by atoms with Gasteiger partial charge >= 0.3 is 0 Å². The molecule has 8 rings (SSSR count). The second kappa shape index (κ2) is 13.2. The Bertz CT molecular complexity index is 2500. The topological polar surface area (TPSA) is 33.5 Å². The highest BCUT2D eigenvalue weighted by Crippen LogP contribution is 2.39. The maximum Gasteiger partial charge on any atom is 0.137 e. The fourth-order valence-corrected chi connectivity index (χ4v) is 7.49. The van der Waals surface area contributed by atoms with Crippen molar-refractivity contribution in [2.24, 2.45) is 0 Å². The van der Waals surface area contributed by atoms with Gasteiger partial charge in [-0.2, -0.15) is 0 Å². The molecule has 7 aromatic rings. The second-order valence-electron chi connectivity index (χ2n) is 17.2. The Morgan fingerprint density at radius 3 is 1.87 bits per heavy atom. The second-order valence-corrected chi connectivity index (χ2v) is 17.2. The summed E-state index contributed by atoms with van der Waals surface area (Å²) in [6.45, 7) is 18.8. The molecular formula is C49H50N4O. The number of aromatic nitrogens is 2. The van der Waals surface area contributed by atoms with Gasteiger partial charge in [0.1, 0.15) is 17.3 Å². The lowest BCUT2D eigenvalue weighted by Crippen LogP contribution is -2.25. The van der Waals surface area contributed by atoms with Gasteiger partial charge in [-0.1, -0.05) is 116 Å². The molecule has 0 bridgehead atoms. The number of fused-ring (bicyclic) bond motifs is 3. The summed E-state index contributed by atoms with van der Waals surface area (Å²) in [6.07, 6.45) is 6.25. The van der Waals surface area contributed by atoms with E-state index in [2.05, 4.69) is 210 Å². The Kier molecular flexibility index (Phi) is 8.64. The standard InChI is InChI=1S/C49H50N4O/c1-47(2,3)36-24-25-50-46(30-36)53-44-17-13-12-16-42(44)43-23-22-40(32-45(43)53)54-41-29-37(48(4,5)6)28-39(31-41)52-27-26-51(33-52)38-20-18-35(19-21-38)49(7,8)34-14-10-9-11-15-34/h9-32H,33H2,1-8H3. The van der Waals surface area contributed by atoms with E-state index in [4.69, 9.17) is 9.72 Å². The first kappa shape index (κ1) is 35.2. The summed E-state index contributed by atoms with van der Waals surface area (Å²) in [5.74, 6) is 2.50. The van der Waals surface area contributed by atoms with Crippen molar-refractivity contribution < 1.29 is 4.74 Å². The molecule has 0 fully saturated rings. The first-order valence-electron chi connectivity index (χ1n) is 19.0. The predicted octanol–water partition coefficient (Wildman–Crippen LogP) is 12.6. The monoisotopic (exact) mass is 710 g/mol. The molecule has 0 N–H and O–H groups in total. The van der Waals surface area contributed by atoms with Crippen LogP contribution in [-0.4, -0.2) is 16.2 Å². The first-order chi connectivity index (χ1) is 25.8. The average Bonchev–Trinajstić information content (AvgIpc) is 3.78. The number of nitrogens with zero attached hydrogens (tertiary/aromatic N) is 4. The fraction of sp³-hybridized carbons (Fsp3) is 0.245. The maximum absolute atomic E-state index is 6.78. The van der Waals surface area contributed by atoms with Gasteiger partial charge in [0.15, 0.2) is 0 Å². The molecule has 5 aromatic carbocycles. The van der Waals surface area contributed by atoms with Crippen LogP contribution in [0.3, 0.4) is 0 Å². The van der Waals surface area contributed by atoms with E-state index < -0.39 is 0 Å². The third kappa shape index (κ3) is 6.64. The van der Waals surface area contributed by atoms with Crippen molar-refractivity contribution in [3.8, 4) is 17.3 Å². The van der Waals surface area contributed by atoms with E-state index in [9.17, 15) is 0 Å². The largest absolute Gasteiger partial charge is 0.457 e. The lowest BCUT2D eigenvalue weighted by atomic mass is 9.78. The number of benzene rings is 5. The highest BCUT2D eigenvalue weighted by atomic mass is 16.5. The number of rotatable bonds is 7. The Hall–Kier alpha value is -5.81. The van der Waals surface area contributed by atoms with Crippen LogP contribution in [0.5, 0.6) is 11.5 Å². The summed E-state index contributed by atoms with van der Waals surface area (Å²) in [7, 11) is 0. The Balaban J connectivity index is 1.10. The Labute approximate surface area is 320 Å². The number of hydrogen-bond acceptors (Lipinski definition) is 4. The van der Waals surface area contributed by atoms with Crippen LogP contribution in [0.2, 0.25) is 0 Å². The first-order valence-corrected chi connectivity index (χ1v) is 19.0. The van der Waals surface area contributed by atoms with E-state index in [1.807, 2.05) is 6.20 Å². The number of anilines is 2. The fourth-order valence-electron chi connectivity index (χ4n) is 7.49.